The number of fused-ring (bicyclic) bond motifs is 1. The molecule has 0 saturated carbocycles. The minimum atomic E-state index is -4.05. The van der Waals surface area contributed by atoms with Crippen LogP contribution in [0.3, 0.4) is 0 Å². The van der Waals surface area contributed by atoms with E-state index in [2.05, 4.69) is 4.72 Å². The minimum absolute atomic E-state index is 0.0661. The number of esters is 2. The maximum Gasteiger partial charge on any atom is 0.333 e. The number of hydrogen-bond acceptors (Lipinski definition) is 7. The van der Waals surface area contributed by atoms with Crippen molar-refractivity contribution in [2.24, 2.45) is 0 Å². The third-order valence-corrected chi connectivity index (χ3v) is 9.21. The molecule has 0 aliphatic carbocycles. The third-order valence-electron chi connectivity index (χ3n) is 6.36. The lowest BCUT2D eigenvalue weighted by atomic mass is 9.93. The first-order valence-electron chi connectivity index (χ1n) is 12.2. The molecule has 0 aliphatic heterocycles. The monoisotopic (exact) mass is 563 g/mol. The molecule has 0 aliphatic rings. The van der Waals surface area contributed by atoms with E-state index >= 15 is 0 Å². The van der Waals surface area contributed by atoms with Crippen LogP contribution in [0, 0.1) is 6.92 Å². The molecule has 4 rings (SSSR count). The number of carbonyl (C=O) groups excluding carboxylic acids is 2. The van der Waals surface area contributed by atoms with Gasteiger partial charge in [0.25, 0.3) is 0 Å². The number of aryl methyl sites for hydroxylation is 1. The average molecular weight is 564 g/mol. The van der Waals surface area contributed by atoms with Crippen LogP contribution in [-0.4, -0.2) is 39.3 Å². The molecule has 202 valence electrons. The Labute approximate surface area is 232 Å². The van der Waals surface area contributed by atoms with Crippen LogP contribution in [0.2, 0.25) is 0 Å². The van der Waals surface area contributed by atoms with Crippen molar-refractivity contribution in [1.29, 1.82) is 0 Å². The normalized spacial score (nSPS) is 12.6. The van der Waals surface area contributed by atoms with E-state index in [4.69, 9.17) is 9.47 Å². The molecule has 4 aromatic carbocycles. The summed E-state index contributed by atoms with van der Waals surface area (Å²) in [7, 11) is -1.68. The van der Waals surface area contributed by atoms with Crippen LogP contribution < -0.4 is 4.72 Å². The van der Waals surface area contributed by atoms with Gasteiger partial charge in [-0.3, -0.25) is 0 Å². The molecule has 1 N–H and O–H groups in total. The Kier molecular flexibility index (Phi) is 8.74. The molecule has 0 bridgehead atoms. The topological polar surface area (TPSA) is 98.8 Å². The fourth-order valence-electron chi connectivity index (χ4n) is 4.31. The van der Waals surface area contributed by atoms with Gasteiger partial charge in [0.2, 0.25) is 14.8 Å². The smallest absolute Gasteiger partial charge is 0.333 e. The van der Waals surface area contributed by atoms with Crippen molar-refractivity contribution in [2.75, 3.05) is 14.2 Å². The van der Waals surface area contributed by atoms with Gasteiger partial charge >= 0.3 is 11.9 Å². The molecule has 4 aromatic rings. The lowest BCUT2D eigenvalue weighted by Crippen LogP contribution is -2.48. The first kappa shape index (κ1) is 28.4. The molecule has 1 atom stereocenters. The molecule has 7 nitrogen and oxygen atoms in total. The Bertz CT molecular complexity index is 1550. The van der Waals surface area contributed by atoms with E-state index in [0.717, 1.165) is 28.1 Å². The van der Waals surface area contributed by atoms with Gasteiger partial charge in [-0.2, -0.15) is 0 Å². The summed E-state index contributed by atoms with van der Waals surface area (Å²) in [5.74, 6) is -1.69. The van der Waals surface area contributed by atoms with E-state index in [0.29, 0.717) is 10.5 Å². The maximum absolute atomic E-state index is 13.6. The van der Waals surface area contributed by atoms with Gasteiger partial charge in [0.05, 0.1) is 19.1 Å². The molecule has 0 saturated heterocycles. The summed E-state index contributed by atoms with van der Waals surface area (Å²) in [6.45, 7) is 1.86. The minimum Gasteiger partial charge on any atom is -0.468 e. The van der Waals surface area contributed by atoms with Crippen LogP contribution >= 0.6 is 11.8 Å². The Morgan fingerprint density at radius 1 is 0.821 bits per heavy atom. The van der Waals surface area contributed by atoms with Crippen molar-refractivity contribution < 1.29 is 27.5 Å². The second-order valence-corrected chi connectivity index (χ2v) is 12.1. The van der Waals surface area contributed by atoms with Gasteiger partial charge in [-0.15, -0.1) is 0 Å². The van der Waals surface area contributed by atoms with Crippen LogP contribution in [0.25, 0.3) is 10.8 Å². The Morgan fingerprint density at radius 2 is 1.41 bits per heavy atom. The fourth-order valence-corrected chi connectivity index (χ4v) is 6.81. The van der Waals surface area contributed by atoms with Gasteiger partial charge < -0.3 is 9.47 Å². The molecule has 0 radical (unpaired) electrons. The maximum atomic E-state index is 13.6. The molecule has 39 heavy (non-hydrogen) atoms. The summed E-state index contributed by atoms with van der Waals surface area (Å²) in [6, 6.07) is 27.5. The van der Waals surface area contributed by atoms with Crippen molar-refractivity contribution in [1.82, 2.24) is 4.72 Å². The van der Waals surface area contributed by atoms with Gasteiger partial charge in [-0.25, -0.2) is 22.7 Å². The Balaban J connectivity index is 1.86. The highest BCUT2D eigenvalue weighted by Crippen LogP contribution is 2.42. The summed E-state index contributed by atoms with van der Waals surface area (Å²) >= 11 is 0.968. The summed E-state index contributed by atoms with van der Waals surface area (Å²) in [4.78, 5) is 27.4. The second kappa shape index (κ2) is 12.0. The van der Waals surface area contributed by atoms with Crippen molar-refractivity contribution in [3.05, 3.63) is 108 Å². The highest BCUT2D eigenvalue weighted by Gasteiger charge is 2.52. The molecule has 0 fully saturated rings. The van der Waals surface area contributed by atoms with E-state index < -0.39 is 32.8 Å². The van der Waals surface area contributed by atoms with Crippen molar-refractivity contribution >= 4 is 44.5 Å². The zero-order valence-electron chi connectivity index (χ0n) is 21.8. The molecule has 0 spiro atoms. The Morgan fingerprint density at radius 3 is 2.03 bits per heavy atom. The lowest BCUT2D eigenvalue weighted by molar-refractivity contribution is -0.156. The molecule has 0 heterocycles. The largest absolute Gasteiger partial charge is 0.468 e. The number of nitrogens with one attached hydrogen (secondary N) is 1. The molecule has 0 aromatic heterocycles. The summed E-state index contributed by atoms with van der Waals surface area (Å²) in [5, 5.41) is 1.85. The van der Waals surface area contributed by atoms with Crippen LogP contribution in [0.4, 0.5) is 0 Å². The summed E-state index contributed by atoms with van der Waals surface area (Å²) in [5.41, 5.74) is 1.49. The van der Waals surface area contributed by atoms with Gasteiger partial charge in [-0.1, -0.05) is 84.1 Å². The Hall–Kier alpha value is -3.66. The number of sulfonamides is 1. The quantitative estimate of drug-likeness (QED) is 0.156. The number of ether oxygens (including phenoxy) is 2. The molecule has 9 heteroatoms. The van der Waals surface area contributed by atoms with Crippen LogP contribution in [-0.2, 0) is 29.1 Å². The van der Waals surface area contributed by atoms with Crippen LogP contribution in [0.15, 0.2) is 107 Å². The SMILES string of the molecule is COC(=O)C(CC(NS(=O)(=O)c1ccc(C)cc1)c1ccc2ccccc2c1)(Sc1ccccc1)C(=O)OC. The number of methoxy groups -OCH3 is 2. The van der Waals surface area contributed by atoms with Gasteiger partial charge in [0.15, 0.2) is 0 Å². The predicted octanol–water partition coefficient (Wildman–Crippen LogP) is 5.44. The van der Waals surface area contributed by atoms with Crippen molar-refractivity contribution in [3.63, 3.8) is 0 Å². The molecular formula is C30H29NO6S2. The highest BCUT2D eigenvalue weighted by atomic mass is 32.2. The van der Waals surface area contributed by atoms with Gasteiger partial charge in [-0.05, 0) is 53.6 Å². The van der Waals surface area contributed by atoms with Crippen LogP contribution in [0.1, 0.15) is 23.6 Å². The van der Waals surface area contributed by atoms with Crippen LogP contribution in [0.5, 0.6) is 0 Å². The second-order valence-electron chi connectivity index (χ2n) is 9.02. The number of thioether (sulfide) groups is 1. The van der Waals surface area contributed by atoms with Gasteiger partial charge in [0.1, 0.15) is 0 Å². The van der Waals surface area contributed by atoms with Gasteiger partial charge in [0, 0.05) is 17.4 Å². The highest BCUT2D eigenvalue weighted by molar-refractivity contribution is 8.02. The van der Waals surface area contributed by atoms with E-state index in [1.165, 1.54) is 26.4 Å². The van der Waals surface area contributed by atoms with Crippen molar-refractivity contribution in [2.45, 2.75) is 33.9 Å². The third kappa shape index (κ3) is 6.33. The average Bonchev–Trinajstić information content (AvgIpc) is 2.95. The predicted molar refractivity (Wildman–Crippen MR) is 152 cm³/mol. The first-order valence-corrected chi connectivity index (χ1v) is 14.5. The first-order chi connectivity index (χ1) is 18.7. The van der Waals surface area contributed by atoms with E-state index in [1.807, 2.05) is 49.4 Å². The number of rotatable bonds is 10. The number of benzene rings is 4. The zero-order chi connectivity index (χ0) is 28.0. The number of hydrogen-bond donors (Lipinski definition) is 1. The van der Waals surface area contributed by atoms with E-state index in [-0.39, 0.29) is 11.3 Å². The number of carbonyl (C=O) groups is 2. The molecule has 0 amide bonds. The summed E-state index contributed by atoms with van der Waals surface area (Å²) < 4.78 is 38.2. The molecule has 1 unspecified atom stereocenters. The molecular weight excluding hydrogens is 534 g/mol. The van der Waals surface area contributed by atoms with Crippen molar-refractivity contribution in [3.8, 4) is 0 Å². The zero-order valence-corrected chi connectivity index (χ0v) is 23.4. The standard InChI is InChI=1S/C30H29NO6S2/c1-21-13-17-26(18-14-21)39(34,35)31-27(24-16-15-22-9-7-8-10-23(22)19-24)20-30(28(32)36-2,29(33)37-3)38-25-11-5-4-6-12-25/h4-19,27,31H,20H2,1-3H3. The summed E-state index contributed by atoms with van der Waals surface area (Å²) in [6.07, 6.45) is -0.269. The fraction of sp³-hybridized carbons (Fsp3) is 0.200. The van der Waals surface area contributed by atoms with E-state index in [9.17, 15) is 18.0 Å². The lowest BCUT2D eigenvalue weighted by Gasteiger charge is -2.32. The van der Waals surface area contributed by atoms with E-state index in [1.54, 1.807) is 42.5 Å².